The summed E-state index contributed by atoms with van der Waals surface area (Å²) < 4.78 is 0. The lowest BCUT2D eigenvalue weighted by Crippen LogP contribution is -2.28. The van der Waals surface area contributed by atoms with Gasteiger partial charge in [0.15, 0.2) is 11.0 Å². The van der Waals surface area contributed by atoms with Crippen molar-refractivity contribution in [3.05, 3.63) is 30.3 Å². The van der Waals surface area contributed by atoms with Crippen LogP contribution < -0.4 is 15.1 Å². The molecule has 0 atom stereocenters. The van der Waals surface area contributed by atoms with Gasteiger partial charge >= 0.3 is 0 Å². The molecule has 0 aliphatic heterocycles. The predicted molar refractivity (Wildman–Crippen MR) is 145 cm³/mol. The van der Waals surface area contributed by atoms with Crippen LogP contribution in [-0.2, 0) is 4.79 Å². The summed E-state index contributed by atoms with van der Waals surface area (Å²) in [4.78, 5) is 26.4. The number of carbonyl (C=O) groups excluding carboxylic acids is 1. The second-order valence-corrected chi connectivity index (χ2v) is 9.14. The Kier molecular flexibility index (Phi) is 12.5. The van der Waals surface area contributed by atoms with Gasteiger partial charge in [-0.15, -0.1) is 12.6 Å². The molecule has 0 spiro atoms. The number of hydrogen-bond acceptors (Lipinski definition) is 7. The Morgan fingerprint density at radius 3 is 2.30 bits per heavy atom. The van der Waals surface area contributed by atoms with Gasteiger partial charge in [-0.2, -0.15) is 0 Å². The highest BCUT2D eigenvalue weighted by molar-refractivity contribution is 7.98. The molecule has 2 aromatic rings. The number of unbranched alkanes of at least 4 members (excludes halogenated alkanes) is 3. The lowest BCUT2D eigenvalue weighted by molar-refractivity contribution is -0.116. The van der Waals surface area contributed by atoms with E-state index in [0.29, 0.717) is 22.3 Å². The van der Waals surface area contributed by atoms with Crippen LogP contribution in [0.2, 0.25) is 0 Å². The van der Waals surface area contributed by atoms with E-state index in [9.17, 15) is 4.79 Å². The molecule has 33 heavy (non-hydrogen) atoms. The number of thioether (sulfide) groups is 1. The molecule has 0 saturated carbocycles. The lowest BCUT2D eigenvalue weighted by atomic mass is 10.1. The van der Waals surface area contributed by atoms with Crippen LogP contribution in [0.4, 0.5) is 17.2 Å². The van der Waals surface area contributed by atoms with Gasteiger partial charge in [-0.1, -0.05) is 56.1 Å². The number of para-hydroxylation sites is 1. The van der Waals surface area contributed by atoms with Crippen LogP contribution >= 0.6 is 24.4 Å². The van der Waals surface area contributed by atoms with E-state index < -0.39 is 0 Å². The van der Waals surface area contributed by atoms with Crippen molar-refractivity contribution < 1.29 is 4.79 Å². The highest BCUT2D eigenvalue weighted by Crippen LogP contribution is 2.31. The number of amides is 1. The molecule has 0 aliphatic carbocycles. The summed E-state index contributed by atoms with van der Waals surface area (Å²) in [7, 11) is 0. The first-order valence-electron chi connectivity index (χ1n) is 12.0. The second-order valence-electron chi connectivity index (χ2n) is 7.94. The maximum atomic E-state index is 12.8. The molecule has 2 rings (SSSR count). The summed E-state index contributed by atoms with van der Waals surface area (Å²) in [6.07, 6.45) is 8.07. The van der Waals surface area contributed by atoms with Gasteiger partial charge in [0.2, 0.25) is 5.91 Å². The average Bonchev–Trinajstić information content (AvgIpc) is 2.83. The van der Waals surface area contributed by atoms with Gasteiger partial charge in [0.1, 0.15) is 10.7 Å². The highest BCUT2D eigenvalue weighted by atomic mass is 32.2. The standard InChI is InChI=1S/C25H39N5OS2/c1-5-8-9-13-18-30(20-15-11-10-12-16-20)19-14-17-21(31)26-22-23(29(6-2)7-3)27-25(33-4)28-24(22)32/h10-12,15-16H,5-9,13-14,17-19H2,1-4H3,(H,26,31)(H,27,28,32). The van der Waals surface area contributed by atoms with Crippen molar-refractivity contribution >= 4 is 47.5 Å². The van der Waals surface area contributed by atoms with E-state index in [2.05, 4.69) is 82.8 Å². The zero-order chi connectivity index (χ0) is 24.1. The zero-order valence-electron chi connectivity index (χ0n) is 20.5. The third kappa shape index (κ3) is 8.74. The van der Waals surface area contributed by atoms with E-state index in [1.165, 1.54) is 43.1 Å². The van der Waals surface area contributed by atoms with E-state index >= 15 is 0 Å². The fourth-order valence-corrected chi connectivity index (χ4v) is 4.42. The molecule has 1 heterocycles. The van der Waals surface area contributed by atoms with Crippen molar-refractivity contribution in [2.75, 3.05) is 47.6 Å². The molecule has 0 fully saturated rings. The van der Waals surface area contributed by atoms with E-state index in [4.69, 9.17) is 0 Å². The third-order valence-electron chi connectivity index (χ3n) is 5.60. The van der Waals surface area contributed by atoms with Crippen LogP contribution in [0.25, 0.3) is 0 Å². The van der Waals surface area contributed by atoms with Crippen molar-refractivity contribution in [3.63, 3.8) is 0 Å². The van der Waals surface area contributed by atoms with E-state index in [1.807, 2.05) is 12.3 Å². The number of benzene rings is 1. The van der Waals surface area contributed by atoms with E-state index in [-0.39, 0.29) is 5.91 Å². The SMILES string of the molecule is CCCCCCN(CCCC(=O)Nc1c(S)nc(SC)nc1N(CC)CC)c1ccccc1. The van der Waals surface area contributed by atoms with Crippen LogP contribution in [0.5, 0.6) is 0 Å². The highest BCUT2D eigenvalue weighted by Gasteiger charge is 2.19. The normalized spacial score (nSPS) is 10.8. The lowest BCUT2D eigenvalue weighted by Gasteiger charge is -2.25. The monoisotopic (exact) mass is 489 g/mol. The first-order chi connectivity index (χ1) is 16.0. The van der Waals surface area contributed by atoms with Crippen LogP contribution in [0.3, 0.4) is 0 Å². The molecule has 1 aromatic carbocycles. The summed E-state index contributed by atoms with van der Waals surface area (Å²) in [5, 5.41) is 4.20. The van der Waals surface area contributed by atoms with Gasteiger partial charge in [-0.3, -0.25) is 4.79 Å². The second kappa shape index (κ2) is 15.1. The fourth-order valence-electron chi connectivity index (χ4n) is 3.74. The molecule has 0 saturated heterocycles. The summed E-state index contributed by atoms with van der Waals surface area (Å²) in [5.74, 6) is 0.706. The van der Waals surface area contributed by atoms with E-state index in [0.717, 1.165) is 38.4 Å². The molecule has 1 amide bonds. The largest absolute Gasteiger partial charge is 0.372 e. The predicted octanol–water partition coefficient (Wildman–Crippen LogP) is 6.14. The molecule has 0 bridgehead atoms. The molecule has 1 aromatic heterocycles. The Hall–Kier alpha value is -1.93. The van der Waals surface area contributed by atoms with Crippen molar-refractivity contribution in [1.82, 2.24) is 9.97 Å². The van der Waals surface area contributed by atoms with Gasteiger partial charge in [0, 0.05) is 38.3 Å². The summed E-state index contributed by atoms with van der Waals surface area (Å²) in [6, 6.07) is 10.5. The number of nitrogens with one attached hydrogen (secondary N) is 1. The topological polar surface area (TPSA) is 61.4 Å². The molecule has 8 heteroatoms. The fraction of sp³-hybridized carbons (Fsp3) is 0.560. The van der Waals surface area contributed by atoms with Crippen molar-refractivity contribution in [1.29, 1.82) is 0 Å². The Bertz CT molecular complexity index is 846. The van der Waals surface area contributed by atoms with Gasteiger partial charge < -0.3 is 15.1 Å². The maximum Gasteiger partial charge on any atom is 0.224 e. The first kappa shape index (κ1) is 27.3. The minimum atomic E-state index is -0.0294. The summed E-state index contributed by atoms with van der Waals surface area (Å²) in [6.45, 7) is 9.84. The summed E-state index contributed by atoms with van der Waals surface area (Å²) in [5.41, 5.74) is 1.82. The molecule has 6 nitrogen and oxygen atoms in total. The van der Waals surface area contributed by atoms with Gasteiger partial charge in [-0.05, 0) is 45.1 Å². The number of nitrogens with zero attached hydrogens (tertiary/aromatic N) is 4. The number of thiol groups is 1. The van der Waals surface area contributed by atoms with Crippen LogP contribution in [0.15, 0.2) is 40.5 Å². The van der Waals surface area contributed by atoms with Gasteiger partial charge in [0.25, 0.3) is 0 Å². The number of aromatic nitrogens is 2. The minimum absolute atomic E-state index is 0.0294. The number of anilines is 3. The number of carbonyl (C=O) groups is 1. The van der Waals surface area contributed by atoms with Crippen LogP contribution in [-0.4, -0.2) is 48.3 Å². The Morgan fingerprint density at radius 1 is 0.970 bits per heavy atom. The molecule has 0 radical (unpaired) electrons. The van der Waals surface area contributed by atoms with Crippen molar-refractivity contribution in [2.24, 2.45) is 0 Å². The Labute approximate surface area is 209 Å². The maximum absolute atomic E-state index is 12.8. The minimum Gasteiger partial charge on any atom is -0.372 e. The number of hydrogen-bond donors (Lipinski definition) is 2. The quantitative estimate of drug-likeness (QED) is 0.103. The molecule has 0 unspecified atom stereocenters. The first-order valence-corrected chi connectivity index (χ1v) is 13.7. The van der Waals surface area contributed by atoms with Crippen molar-refractivity contribution in [3.8, 4) is 0 Å². The molecular weight excluding hydrogens is 450 g/mol. The van der Waals surface area contributed by atoms with Crippen molar-refractivity contribution in [2.45, 2.75) is 69.5 Å². The third-order valence-corrected chi connectivity index (χ3v) is 6.47. The average molecular weight is 490 g/mol. The zero-order valence-corrected chi connectivity index (χ0v) is 22.2. The molecular formula is C25H39N5OS2. The Morgan fingerprint density at radius 2 is 1.67 bits per heavy atom. The smallest absolute Gasteiger partial charge is 0.224 e. The number of rotatable bonds is 15. The van der Waals surface area contributed by atoms with Gasteiger partial charge in [-0.25, -0.2) is 9.97 Å². The molecule has 1 N–H and O–H groups in total. The van der Waals surface area contributed by atoms with Gasteiger partial charge in [0.05, 0.1) is 0 Å². The molecule has 0 aliphatic rings. The Balaban J connectivity index is 2.02. The van der Waals surface area contributed by atoms with Crippen LogP contribution in [0.1, 0.15) is 59.3 Å². The molecule has 182 valence electrons. The van der Waals surface area contributed by atoms with Crippen LogP contribution in [0, 0.1) is 0 Å². The summed E-state index contributed by atoms with van der Waals surface area (Å²) >= 11 is 6.02. The van der Waals surface area contributed by atoms with E-state index in [1.54, 1.807) is 0 Å².